The summed E-state index contributed by atoms with van der Waals surface area (Å²) < 4.78 is -0.634. The van der Waals surface area contributed by atoms with Crippen molar-refractivity contribution in [1.29, 1.82) is 0 Å². The van der Waals surface area contributed by atoms with Crippen molar-refractivity contribution in [3.63, 3.8) is 0 Å². The smallest absolute Gasteiger partial charge is 0.251 e. The van der Waals surface area contributed by atoms with E-state index in [9.17, 15) is 19.5 Å². The van der Waals surface area contributed by atoms with E-state index >= 15 is 0 Å². The number of carbonyl (C=O) groups excluding carboxylic acids is 3. The second kappa shape index (κ2) is 11.0. The highest BCUT2D eigenvalue weighted by Crippen LogP contribution is 2.66. The van der Waals surface area contributed by atoms with E-state index in [4.69, 9.17) is 0 Å². The van der Waals surface area contributed by atoms with Crippen LogP contribution in [0.1, 0.15) is 36.8 Å². The minimum absolute atomic E-state index is 0.0252. The number of aryl methyl sites for hydroxylation is 2. The topological polar surface area (TPSA) is 81.2 Å². The molecular weight excluding hydrogens is 486 g/mol. The van der Waals surface area contributed by atoms with Gasteiger partial charge in [-0.25, -0.2) is 0 Å². The number of thioether (sulfide) groups is 1. The first-order chi connectivity index (χ1) is 17.7. The van der Waals surface area contributed by atoms with Crippen molar-refractivity contribution in [1.82, 2.24) is 9.80 Å². The van der Waals surface area contributed by atoms with E-state index in [2.05, 4.69) is 13.2 Å². The van der Waals surface area contributed by atoms with Gasteiger partial charge in [0, 0.05) is 44.2 Å². The van der Waals surface area contributed by atoms with Crippen molar-refractivity contribution in [3.8, 4) is 0 Å². The average Bonchev–Trinajstić information content (AvgIpc) is 3.51. The molecule has 5 atom stereocenters. The molecule has 3 heterocycles. The average molecular weight is 526 g/mol. The lowest BCUT2D eigenvalue weighted by molar-refractivity contribution is -0.143. The number of likely N-dealkylation sites (N-methyl/N-ethyl adjacent to an activating group) is 1. The molecule has 0 aliphatic carbocycles. The van der Waals surface area contributed by atoms with Crippen molar-refractivity contribution in [2.24, 2.45) is 11.8 Å². The van der Waals surface area contributed by atoms with Gasteiger partial charge in [-0.05, 0) is 56.7 Å². The van der Waals surface area contributed by atoms with E-state index in [1.807, 2.05) is 32.0 Å². The molecule has 4 rings (SSSR count). The van der Waals surface area contributed by atoms with E-state index in [-0.39, 0.29) is 29.6 Å². The summed E-state index contributed by atoms with van der Waals surface area (Å²) in [5.41, 5.74) is 2.85. The fourth-order valence-corrected chi connectivity index (χ4v) is 8.69. The number of rotatable bonds is 11. The summed E-state index contributed by atoms with van der Waals surface area (Å²) in [5, 5.41) is 9.41. The number of amides is 3. The second-order valence-electron chi connectivity index (χ2n) is 10.6. The Morgan fingerprint density at radius 3 is 2.59 bits per heavy atom. The maximum atomic E-state index is 14.5. The molecule has 3 fully saturated rings. The Hall–Kier alpha value is -2.58. The summed E-state index contributed by atoms with van der Waals surface area (Å²) in [6.45, 7) is 12.8. The van der Waals surface area contributed by atoms with Crippen LogP contribution in [-0.2, 0) is 14.4 Å². The standard InChI is InChI=1S/C29H39N3O4S/c1-6-14-30(5)26(34)23-22-12-13-29(37-22)24(23)27(35)32(16-8-9-17-33)25(29)28(36)31(15-7-2)21-18-19(3)10-11-20(21)4/h6-7,10-11,18,22-25,33H,1-2,8-9,12-17H2,3-5H3/t22-,23+,24-,25?,29?/m0/s1. The minimum Gasteiger partial charge on any atom is -0.396 e. The Balaban J connectivity index is 1.77. The monoisotopic (exact) mass is 525 g/mol. The van der Waals surface area contributed by atoms with Gasteiger partial charge < -0.3 is 19.8 Å². The quantitative estimate of drug-likeness (QED) is 0.354. The van der Waals surface area contributed by atoms with Crippen LogP contribution < -0.4 is 4.90 Å². The lowest BCUT2D eigenvalue weighted by atomic mass is 9.70. The van der Waals surface area contributed by atoms with Crippen LogP contribution in [-0.4, -0.2) is 82.0 Å². The van der Waals surface area contributed by atoms with Crippen LogP contribution in [0, 0.1) is 25.7 Å². The van der Waals surface area contributed by atoms with Crippen LogP contribution in [0.3, 0.4) is 0 Å². The molecule has 1 aromatic carbocycles. The van der Waals surface area contributed by atoms with E-state index in [1.54, 1.807) is 45.7 Å². The molecule has 3 aliphatic heterocycles. The Morgan fingerprint density at radius 1 is 1.19 bits per heavy atom. The first-order valence-corrected chi connectivity index (χ1v) is 14.0. The summed E-state index contributed by atoms with van der Waals surface area (Å²) in [6.07, 6.45) is 6.10. The molecule has 2 unspecified atom stereocenters. The molecule has 2 bridgehead atoms. The molecule has 3 saturated heterocycles. The second-order valence-corrected chi connectivity index (χ2v) is 12.2. The number of aliphatic hydroxyl groups is 1. The summed E-state index contributed by atoms with van der Waals surface area (Å²) >= 11 is 1.68. The zero-order valence-electron chi connectivity index (χ0n) is 22.2. The highest BCUT2D eigenvalue weighted by atomic mass is 32.2. The molecule has 0 radical (unpaired) electrons. The van der Waals surface area contributed by atoms with Gasteiger partial charge in [-0.15, -0.1) is 24.9 Å². The van der Waals surface area contributed by atoms with Crippen LogP contribution >= 0.6 is 11.8 Å². The summed E-state index contributed by atoms with van der Waals surface area (Å²) in [5.74, 6) is -1.23. The van der Waals surface area contributed by atoms with Crippen LogP contribution in [0.2, 0.25) is 0 Å². The third-order valence-corrected chi connectivity index (χ3v) is 10.1. The maximum Gasteiger partial charge on any atom is 0.251 e. The van der Waals surface area contributed by atoms with Crippen molar-refractivity contribution < 1.29 is 19.5 Å². The summed E-state index contributed by atoms with van der Waals surface area (Å²) in [6, 6.07) is 5.37. The zero-order valence-corrected chi connectivity index (χ0v) is 23.0. The first kappa shape index (κ1) is 27.5. The number of unbranched alkanes of at least 4 members (excludes halogenated alkanes) is 1. The Labute approximate surface area is 224 Å². The number of anilines is 1. The minimum atomic E-state index is -0.666. The maximum absolute atomic E-state index is 14.5. The Bertz CT molecular complexity index is 1090. The normalized spacial score (nSPS) is 27.8. The van der Waals surface area contributed by atoms with E-state index in [1.165, 1.54) is 0 Å². The fourth-order valence-electron chi connectivity index (χ4n) is 6.48. The molecule has 200 valence electrons. The first-order valence-electron chi connectivity index (χ1n) is 13.2. The summed E-state index contributed by atoms with van der Waals surface area (Å²) in [4.78, 5) is 47.3. The van der Waals surface area contributed by atoms with E-state index in [0.29, 0.717) is 32.5 Å². The fraction of sp³-hybridized carbons (Fsp3) is 0.552. The molecule has 1 N–H and O–H groups in total. The molecule has 37 heavy (non-hydrogen) atoms. The molecular formula is C29H39N3O4S. The van der Waals surface area contributed by atoms with Crippen molar-refractivity contribution >= 4 is 35.2 Å². The van der Waals surface area contributed by atoms with E-state index < -0.39 is 22.6 Å². The Morgan fingerprint density at radius 2 is 1.92 bits per heavy atom. The number of nitrogens with zero attached hydrogens (tertiary/aromatic N) is 3. The third-order valence-electron chi connectivity index (χ3n) is 8.14. The van der Waals surface area contributed by atoms with Gasteiger partial charge in [0.2, 0.25) is 11.8 Å². The van der Waals surface area contributed by atoms with Crippen LogP contribution in [0.5, 0.6) is 0 Å². The van der Waals surface area contributed by atoms with Crippen molar-refractivity contribution in [2.45, 2.75) is 55.6 Å². The van der Waals surface area contributed by atoms with Crippen LogP contribution in [0.15, 0.2) is 43.5 Å². The van der Waals surface area contributed by atoms with E-state index in [0.717, 1.165) is 29.7 Å². The van der Waals surface area contributed by atoms with Crippen molar-refractivity contribution in [2.75, 3.05) is 38.2 Å². The van der Waals surface area contributed by atoms with Gasteiger partial charge in [0.25, 0.3) is 5.91 Å². The van der Waals surface area contributed by atoms with Gasteiger partial charge in [-0.2, -0.15) is 0 Å². The molecule has 7 nitrogen and oxygen atoms in total. The van der Waals surface area contributed by atoms with Gasteiger partial charge in [-0.3, -0.25) is 14.4 Å². The number of hydrogen-bond donors (Lipinski definition) is 1. The number of fused-ring (bicyclic) bond motifs is 1. The zero-order chi connectivity index (χ0) is 26.9. The largest absolute Gasteiger partial charge is 0.396 e. The molecule has 8 heteroatoms. The third kappa shape index (κ3) is 4.63. The number of hydrogen-bond acceptors (Lipinski definition) is 5. The van der Waals surface area contributed by atoms with Gasteiger partial charge in [0.15, 0.2) is 0 Å². The Kier molecular flexibility index (Phi) is 8.19. The van der Waals surface area contributed by atoms with Crippen LogP contribution in [0.4, 0.5) is 5.69 Å². The number of carbonyl (C=O) groups is 3. The van der Waals surface area contributed by atoms with Gasteiger partial charge in [-0.1, -0.05) is 24.3 Å². The van der Waals surface area contributed by atoms with Gasteiger partial charge in [0.1, 0.15) is 6.04 Å². The number of likely N-dealkylation sites (tertiary alicyclic amines) is 1. The predicted molar refractivity (Wildman–Crippen MR) is 148 cm³/mol. The molecule has 1 aromatic rings. The summed E-state index contributed by atoms with van der Waals surface area (Å²) in [7, 11) is 1.75. The van der Waals surface area contributed by atoms with Gasteiger partial charge >= 0.3 is 0 Å². The lowest BCUT2D eigenvalue weighted by Crippen LogP contribution is -2.55. The molecule has 0 saturated carbocycles. The molecule has 0 aromatic heterocycles. The predicted octanol–water partition coefficient (Wildman–Crippen LogP) is 3.33. The molecule has 1 spiro atoms. The highest BCUT2D eigenvalue weighted by molar-refractivity contribution is 8.02. The van der Waals surface area contributed by atoms with Crippen LogP contribution in [0.25, 0.3) is 0 Å². The van der Waals surface area contributed by atoms with Crippen molar-refractivity contribution in [3.05, 3.63) is 54.6 Å². The molecule has 3 amide bonds. The van der Waals surface area contributed by atoms with Gasteiger partial charge in [0.05, 0.1) is 16.6 Å². The highest BCUT2D eigenvalue weighted by Gasteiger charge is 2.73. The SMILES string of the molecule is C=CCN(C)C(=O)[C@@H]1[C@@H]2CCC3(S2)C(C(=O)N(CC=C)c2cc(C)ccc2C)N(CCCCO)C(=O)[C@H]13. The number of benzene rings is 1. The lowest BCUT2D eigenvalue weighted by Gasteiger charge is -2.38. The molecule has 3 aliphatic rings. The number of aliphatic hydroxyl groups excluding tert-OH is 1.